The molecule has 5 heteroatoms. The predicted molar refractivity (Wildman–Crippen MR) is 67.0 cm³/mol. The number of hydrogen-bond donors (Lipinski definition) is 1. The van der Waals surface area contributed by atoms with E-state index < -0.39 is 5.91 Å². The van der Waals surface area contributed by atoms with Gasteiger partial charge in [-0.05, 0) is 5.56 Å². The van der Waals surface area contributed by atoms with Crippen LogP contribution in [0.1, 0.15) is 10.5 Å². The molecule has 0 fully saturated rings. The number of carbonyl (C=O) groups excluding carboxylic acids is 1. The smallest absolute Gasteiger partial charge is 0.267 e. The molecule has 0 spiro atoms. The number of fused-ring (bicyclic) bond motifs is 1. The molecule has 0 atom stereocenters. The van der Waals surface area contributed by atoms with Crippen LogP contribution in [0, 0.1) is 0 Å². The van der Waals surface area contributed by atoms with Crippen LogP contribution in [0.4, 0.5) is 0 Å². The Bertz CT molecular complexity index is 684. The van der Waals surface area contributed by atoms with Gasteiger partial charge in [0.2, 0.25) is 0 Å². The van der Waals surface area contributed by atoms with Crippen LogP contribution in [0.5, 0.6) is 0 Å². The molecule has 1 aromatic carbocycles. The van der Waals surface area contributed by atoms with Crippen molar-refractivity contribution in [2.75, 3.05) is 0 Å². The second-order valence-electron chi connectivity index (χ2n) is 3.59. The molecule has 2 N–H and O–H groups in total. The number of amides is 1. The third kappa shape index (κ3) is 1.52. The largest absolute Gasteiger partial charge is 0.364 e. The Balaban J connectivity index is 2.33. The summed E-state index contributed by atoms with van der Waals surface area (Å²) in [7, 11) is 0. The van der Waals surface area contributed by atoms with E-state index in [1.54, 1.807) is 16.8 Å². The standard InChI is InChI=1S/C12H9N3OS/c13-11(16)9-10(8-4-2-1-3-5-8)17-12-14-6-7-15(9)12/h1-7H,(H2,13,16). The van der Waals surface area contributed by atoms with E-state index in [0.29, 0.717) is 5.69 Å². The molecular formula is C12H9N3OS. The maximum atomic E-state index is 11.5. The van der Waals surface area contributed by atoms with Gasteiger partial charge in [0.15, 0.2) is 4.96 Å². The number of primary amides is 1. The molecule has 17 heavy (non-hydrogen) atoms. The summed E-state index contributed by atoms with van der Waals surface area (Å²) in [6.45, 7) is 0. The Morgan fingerprint density at radius 3 is 2.76 bits per heavy atom. The zero-order valence-corrected chi connectivity index (χ0v) is 9.65. The number of carbonyl (C=O) groups is 1. The second kappa shape index (κ2) is 3.71. The molecule has 2 heterocycles. The van der Waals surface area contributed by atoms with E-state index in [0.717, 1.165) is 15.4 Å². The van der Waals surface area contributed by atoms with Crippen molar-refractivity contribution < 1.29 is 4.79 Å². The molecule has 1 amide bonds. The molecule has 3 aromatic rings. The molecule has 0 aliphatic heterocycles. The summed E-state index contributed by atoms with van der Waals surface area (Å²) in [5.41, 5.74) is 6.92. The van der Waals surface area contributed by atoms with Crippen LogP contribution in [0.25, 0.3) is 15.4 Å². The molecule has 0 unspecified atom stereocenters. The van der Waals surface area contributed by atoms with Gasteiger partial charge in [-0.1, -0.05) is 41.7 Å². The third-order valence-corrected chi connectivity index (χ3v) is 3.64. The number of nitrogens with two attached hydrogens (primary N) is 1. The quantitative estimate of drug-likeness (QED) is 0.749. The van der Waals surface area contributed by atoms with Crippen LogP contribution < -0.4 is 5.73 Å². The van der Waals surface area contributed by atoms with Crippen LogP contribution in [0.2, 0.25) is 0 Å². The monoisotopic (exact) mass is 243 g/mol. The molecule has 3 rings (SSSR count). The molecule has 0 saturated heterocycles. The van der Waals surface area contributed by atoms with E-state index in [1.165, 1.54) is 11.3 Å². The Morgan fingerprint density at radius 2 is 2.06 bits per heavy atom. The fourth-order valence-electron chi connectivity index (χ4n) is 1.80. The minimum atomic E-state index is -0.437. The Morgan fingerprint density at radius 1 is 1.29 bits per heavy atom. The van der Waals surface area contributed by atoms with E-state index in [2.05, 4.69) is 4.98 Å². The summed E-state index contributed by atoms with van der Waals surface area (Å²) in [5.74, 6) is -0.437. The SMILES string of the molecule is NC(=O)c1c(-c2ccccc2)sc2nccn12. The zero-order valence-electron chi connectivity index (χ0n) is 8.83. The maximum absolute atomic E-state index is 11.5. The normalized spacial score (nSPS) is 10.8. The van der Waals surface area contributed by atoms with Crippen molar-refractivity contribution in [3.8, 4) is 10.4 Å². The lowest BCUT2D eigenvalue weighted by Crippen LogP contribution is -2.14. The van der Waals surface area contributed by atoms with Crippen molar-refractivity contribution >= 4 is 22.2 Å². The first-order chi connectivity index (χ1) is 8.27. The van der Waals surface area contributed by atoms with Crippen LogP contribution in [-0.2, 0) is 0 Å². The van der Waals surface area contributed by atoms with E-state index in [1.807, 2.05) is 30.3 Å². The maximum Gasteiger partial charge on any atom is 0.267 e. The molecule has 0 bridgehead atoms. The van der Waals surface area contributed by atoms with Gasteiger partial charge in [0.1, 0.15) is 5.69 Å². The zero-order chi connectivity index (χ0) is 11.8. The number of thiazole rings is 1. The lowest BCUT2D eigenvalue weighted by atomic mass is 10.1. The number of imidazole rings is 1. The first-order valence-electron chi connectivity index (χ1n) is 5.08. The summed E-state index contributed by atoms with van der Waals surface area (Å²) >= 11 is 1.46. The topological polar surface area (TPSA) is 60.4 Å². The van der Waals surface area contributed by atoms with Crippen LogP contribution >= 0.6 is 11.3 Å². The summed E-state index contributed by atoms with van der Waals surface area (Å²) in [6.07, 6.45) is 3.41. The van der Waals surface area contributed by atoms with Crippen molar-refractivity contribution in [2.24, 2.45) is 5.73 Å². The second-order valence-corrected chi connectivity index (χ2v) is 4.57. The lowest BCUT2D eigenvalue weighted by Gasteiger charge is -2.00. The number of aromatic nitrogens is 2. The highest BCUT2D eigenvalue weighted by atomic mass is 32.1. The Labute approximate surface area is 101 Å². The van der Waals surface area contributed by atoms with E-state index in [4.69, 9.17) is 5.73 Å². The van der Waals surface area contributed by atoms with Gasteiger partial charge in [0.05, 0.1) is 4.88 Å². The molecule has 4 nitrogen and oxygen atoms in total. The Hall–Kier alpha value is -2.14. The molecule has 0 saturated carbocycles. The van der Waals surface area contributed by atoms with Crippen molar-refractivity contribution in [3.05, 3.63) is 48.4 Å². The first-order valence-corrected chi connectivity index (χ1v) is 5.90. The number of benzene rings is 1. The van der Waals surface area contributed by atoms with E-state index in [-0.39, 0.29) is 0 Å². The molecule has 2 aromatic heterocycles. The Kier molecular flexibility index (Phi) is 2.19. The average Bonchev–Trinajstić information content (AvgIpc) is 2.88. The minimum Gasteiger partial charge on any atom is -0.364 e. The van der Waals surface area contributed by atoms with Gasteiger partial charge in [-0.15, -0.1) is 0 Å². The van der Waals surface area contributed by atoms with Crippen molar-refractivity contribution in [1.29, 1.82) is 0 Å². The van der Waals surface area contributed by atoms with Crippen LogP contribution in [0.15, 0.2) is 42.7 Å². The van der Waals surface area contributed by atoms with Gasteiger partial charge in [0, 0.05) is 12.4 Å². The van der Waals surface area contributed by atoms with E-state index >= 15 is 0 Å². The van der Waals surface area contributed by atoms with Gasteiger partial charge in [0.25, 0.3) is 5.91 Å². The predicted octanol–water partition coefficient (Wildman–Crippen LogP) is 2.16. The molecule has 0 aliphatic rings. The minimum absolute atomic E-state index is 0.437. The fraction of sp³-hybridized carbons (Fsp3) is 0. The van der Waals surface area contributed by atoms with Gasteiger partial charge < -0.3 is 5.73 Å². The summed E-state index contributed by atoms with van der Waals surface area (Å²) in [5, 5.41) is 0. The highest BCUT2D eigenvalue weighted by Gasteiger charge is 2.18. The van der Waals surface area contributed by atoms with Crippen molar-refractivity contribution in [3.63, 3.8) is 0 Å². The van der Waals surface area contributed by atoms with Crippen molar-refractivity contribution in [1.82, 2.24) is 9.38 Å². The fourth-order valence-corrected chi connectivity index (χ4v) is 2.90. The van der Waals surface area contributed by atoms with Gasteiger partial charge in [-0.25, -0.2) is 4.98 Å². The number of hydrogen-bond acceptors (Lipinski definition) is 3. The number of nitrogens with zero attached hydrogens (tertiary/aromatic N) is 2. The highest BCUT2D eigenvalue weighted by Crippen LogP contribution is 2.32. The van der Waals surface area contributed by atoms with Gasteiger partial charge in [-0.2, -0.15) is 0 Å². The summed E-state index contributed by atoms with van der Waals surface area (Å²) in [6, 6.07) is 9.72. The summed E-state index contributed by atoms with van der Waals surface area (Å²) < 4.78 is 1.73. The van der Waals surface area contributed by atoms with Crippen molar-refractivity contribution in [2.45, 2.75) is 0 Å². The molecule has 84 valence electrons. The van der Waals surface area contributed by atoms with Crippen LogP contribution in [0.3, 0.4) is 0 Å². The molecule has 0 radical (unpaired) electrons. The van der Waals surface area contributed by atoms with Gasteiger partial charge >= 0.3 is 0 Å². The first kappa shape index (κ1) is 10.0. The van der Waals surface area contributed by atoms with Gasteiger partial charge in [-0.3, -0.25) is 9.20 Å². The highest BCUT2D eigenvalue weighted by molar-refractivity contribution is 7.20. The average molecular weight is 243 g/mol. The summed E-state index contributed by atoms with van der Waals surface area (Å²) in [4.78, 5) is 17.4. The number of rotatable bonds is 2. The molecular weight excluding hydrogens is 234 g/mol. The lowest BCUT2D eigenvalue weighted by molar-refractivity contribution is 0.0995. The molecule has 0 aliphatic carbocycles. The van der Waals surface area contributed by atoms with E-state index in [9.17, 15) is 4.79 Å². The van der Waals surface area contributed by atoms with Crippen LogP contribution in [-0.4, -0.2) is 15.3 Å². The third-order valence-electron chi connectivity index (χ3n) is 2.53.